The maximum absolute atomic E-state index is 11.4. The number of ether oxygens (including phenoxy) is 1. The lowest BCUT2D eigenvalue weighted by molar-refractivity contribution is -0.123. The Bertz CT molecular complexity index is 608. The van der Waals surface area contributed by atoms with E-state index in [1.165, 1.54) is 0 Å². The van der Waals surface area contributed by atoms with Crippen molar-refractivity contribution in [3.8, 4) is 17.1 Å². The molecule has 1 aromatic heterocycles. The van der Waals surface area contributed by atoms with E-state index in [0.717, 1.165) is 5.56 Å². The zero-order valence-electron chi connectivity index (χ0n) is 12.4. The Morgan fingerprint density at radius 1 is 1.38 bits per heavy atom. The van der Waals surface area contributed by atoms with Crippen molar-refractivity contribution >= 4 is 5.91 Å². The molecule has 0 radical (unpaired) electrons. The smallest absolute Gasteiger partial charge is 0.228 e. The van der Waals surface area contributed by atoms with E-state index in [1.54, 1.807) is 7.11 Å². The van der Waals surface area contributed by atoms with Gasteiger partial charge in [0.1, 0.15) is 5.75 Å². The van der Waals surface area contributed by atoms with Crippen molar-refractivity contribution in [2.75, 3.05) is 13.7 Å². The standard InChI is InChI=1S/C15H19N3O3/c1-10(2)15(19)16-9-8-13-17-14(18-21-13)11-6-4-5-7-12(11)20-3/h4-7,10H,8-9H2,1-3H3,(H,16,19). The summed E-state index contributed by atoms with van der Waals surface area (Å²) in [5, 5.41) is 6.76. The Morgan fingerprint density at radius 3 is 2.86 bits per heavy atom. The van der Waals surface area contributed by atoms with Crippen LogP contribution in [0.15, 0.2) is 28.8 Å². The summed E-state index contributed by atoms with van der Waals surface area (Å²) in [6.07, 6.45) is 0.501. The molecule has 0 bridgehead atoms. The molecule has 6 nitrogen and oxygen atoms in total. The normalized spacial score (nSPS) is 10.7. The molecule has 0 aliphatic rings. The highest BCUT2D eigenvalue weighted by Gasteiger charge is 2.13. The summed E-state index contributed by atoms with van der Waals surface area (Å²) in [5.41, 5.74) is 0.779. The van der Waals surface area contributed by atoms with E-state index in [0.29, 0.717) is 30.4 Å². The van der Waals surface area contributed by atoms with Crippen LogP contribution in [0.4, 0.5) is 0 Å². The molecule has 0 fully saturated rings. The lowest BCUT2D eigenvalue weighted by atomic mass is 10.2. The number of methoxy groups -OCH3 is 1. The molecule has 0 saturated carbocycles. The largest absolute Gasteiger partial charge is 0.496 e. The van der Waals surface area contributed by atoms with Crippen molar-refractivity contribution in [2.24, 2.45) is 5.92 Å². The molecule has 2 aromatic rings. The number of carbonyl (C=O) groups excluding carboxylic acids is 1. The van der Waals surface area contributed by atoms with Crippen LogP contribution in [0.3, 0.4) is 0 Å². The van der Waals surface area contributed by atoms with Gasteiger partial charge < -0.3 is 14.6 Å². The van der Waals surface area contributed by atoms with Gasteiger partial charge in [-0.05, 0) is 12.1 Å². The van der Waals surface area contributed by atoms with Crippen LogP contribution in [-0.4, -0.2) is 29.7 Å². The summed E-state index contributed by atoms with van der Waals surface area (Å²) in [6, 6.07) is 7.48. The van der Waals surface area contributed by atoms with E-state index in [4.69, 9.17) is 9.26 Å². The number of amides is 1. The van der Waals surface area contributed by atoms with Crippen LogP contribution in [-0.2, 0) is 11.2 Å². The van der Waals surface area contributed by atoms with E-state index in [2.05, 4.69) is 15.5 Å². The molecule has 1 N–H and O–H groups in total. The van der Waals surface area contributed by atoms with Gasteiger partial charge in [-0.15, -0.1) is 0 Å². The molecule has 0 spiro atoms. The first kappa shape index (κ1) is 15.0. The topological polar surface area (TPSA) is 77.3 Å². The first-order valence-electron chi connectivity index (χ1n) is 6.85. The summed E-state index contributed by atoms with van der Waals surface area (Å²) >= 11 is 0. The number of nitrogens with one attached hydrogen (secondary N) is 1. The molecular formula is C15H19N3O3. The third-order valence-electron chi connectivity index (χ3n) is 2.98. The Hall–Kier alpha value is -2.37. The first-order chi connectivity index (χ1) is 10.1. The molecule has 112 valence electrons. The minimum absolute atomic E-state index is 0.0134. The Morgan fingerprint density at radius 2 is 2.14 bits per heavy atom. The van der Waals surface area contributed by atoms with E-state index in [9.17, 15) is 4.79 Å². The van der Waals surface area contributed by atoms with Crippen molar-refractivity contribution in [2.45, 2.75) is 20.3 Å². The minimum Gasteiger partial charge on any atom is -0.496 e. The first-order valence-corrected chi connectivity index (χ1v) is 6.85. The Labute approximate surface area is 123 Å². The maximum atomic E-state index is 11.4. The number of aromatic nitrogens is 2. The van der Waals surface area contributed by atoms with Crippen molar-refractivity contribution in [1.29, 1.82) is 0 Å². The van der Waals surface area contributed by atoms with E-state index in [-0.39, 0.29) is 11.8 Å². The lowest BCUT2D eigenvalue weighted by Crippen LogP contribution is -2.29. The maximum Gasteiger partial charge on any atom is 0.228 e. The van der Waals surface area contributed by atoms with E-state index >= 15 is 0 Å². The van der Waals surface area contributed by atoms with Gasteiger partial charge in [-0.3, -0.25) is 4.79 Å². The molecule has 0 unspecified atom stereocenters. The number of benzene rings is 1. The van der Waals surface area contributed by atoms with Crippen LogP contribution in [0.2, 0.25) is 0 Å². The average Bonchev–Trinajstić information content (AvgIpc) is 2.95. The van der Waals surface area contributed by atoms with Crippen LogP contribution in [0.5, 0.6) is 5.75 Å². The highest BCUT2D eigenvalue weighted by atomic mass is 16.5. The summed E-state index contributed by atoms with van der Waals surface area (Å²) in [4.78, 5) is 15.8. The van der Waals surface area contributed by atoms with Crippen LogP contribution in [0.25, 0.3) is 11.4 Å². The molecule has 0 aliphatic heterocycles. The summed E-state index contributed by atoms with van der Waals surface area (Å²) in [5.74, 6) is 1.65. The number of hydrogen-bond acceptors (Lipinski definition) is 5. The predicted molar refractivity (Wildman–Crippen MR) is 77.8 cm³/mol. The van der Waals surface area contributed by atoms with Gasteiger partial charge in [-0.1, -0.05) is 31.1 Å². The van der Waals surface area contributed by atoms with Gasteiger partial charge in [-0.25, -0.2) is 0 Å². The molecule has 2 rings (SSSR count). The van der Waals surface area contributed by atoms with Crippen molar-refractivity contribution in [3.05, 3.63) is 30.2 Å². The average molecular weight is 289 g/mol. The zero-order chi connectivity index (χ0) is 15.2. The lowest BCUT2D eigenvalue weighted by Gasteiger charge is -2.05. The molecule has 0 saturated heterocycles. The van der Waals surface area contributed by atoms with Crippen molar-refractivity contribution < 1.29 is 14.1 Å². The molecule has 0 atom stereocenters. The van der Waals surface area contributed by atoms with Crippen LogP contribution < -0.4 is 10.1 Å². The van der Waals surface area contributed by atoms with Crippen LogP contribution in [0.1, 0.15) is 19.7 Å². The molecule has 6 heteroatoms. The fraction of sp³-hybridized carbons (Fsp3) is 0.400. The summed E-state index contributed by atoms with van der Waals surface area (Å²) in [7, 11) is 1.60. The summed E-state index contributed by atoms with van der Waals surface area (Å²) in [6.45, 7) is 4.17. The van der Waals surface area contributed by atoms with Crippen LogP contribution >= 0.6 is 0 Å². The zero-order valence-corrected chi connectivity index (χ0v) is 12.4. The van der Waals surface area contributed by atoms with Gasteiger partial charge in [0.05, 0.1) is 12.7 Å². The monoisotopic (exact) mass is 289 g/mol. The highest BCUT2D eigenvalue weighted by Crippen LogP contribution is 2.26. The summed E-state index contributed by atoms with van der Waals surface area (Å²) < 4.78 is 10.5. The predicted octanol–water partition coefficient (Wildman–Crippen LogP) is 2.06. The second-order valence-corrected chi connectivity index (χ2v) is 4.91. The quantitative estimate of drug-likeness (QED) is 0.880. The van der Waals surface area contributed by atoms with E-state index in [1.807, 2.05) is 38.1 Å². The number of para-hydroxylation sites is 1. The third-order valence-corrected chi connectivity index (χ3v) is 2.98. The van der Waals surface area contributed by atoms with Gasteiger partial charge in [-0.2, -0.15) is 4.98 Å². The van der Waals surface area contributed by atoms with Gasteiger partial charge in [0, 0.05) is 18.9 Å². The molecular weight excluding hydrogens is 270 g/mol. The van der Waals surface area contributed by atoms with Crippen LogP contribution in [0, 0.1) is 5.92 Å². The second kappa shape index (κ2) is 6.88. The molecule has 0 aliphatic carbocycles. The Balaban J connectivity index is 2.00. The van der Waals surface area contributed by atoms with Crippen molar-refractivity contribution in [3.63, 3.8) is 0 Å². The van der Waals surface area contributed by atoms with E-state index < -0.39 is 0 Å². The number of nitrogens with zero attached hydrogens (tertiary/aromatic N) is 2. The number of carbonyl (C=O) groups is 1. The Kier molecular flexibility index (Phi) is 4.92. The third kappa shape index (κ3) is 3.81. The fourth-order valence-corrected chi connectivity index (χ4v) is 1.79. The van der Waals surface area contributed by atoms with Gasteiger partial charge in [0.15, 0.2) is 0 Å². The number of hydrogen-bond donors (Lipinski definition) is 1. The number of rotatable bonds is 6. The highest BCUT2D eigenvalue weighted by molar-refractivity contribution is 5.77. The van der Waals surface area contributed by atoms with Gasteiger partial charge >= 0.3 is 0 Å². The second-order valence-electron chi connectivity index (χ2n) is 4.91. The fourth-order valence-electron chi connectivity index (χ4n) is 1.79. The minimum atomic E-state index is -0.0307. The molecule has 21 heavy (non-hydrogen) atoms. The van der Waals surface area contributed by atoms with Gasteiger partial charge in [0.2, 0.25) is 17.6 Å². The van der Waals surface area contributed by atoms with Gasteiger partial charge in [0.25, 0.3) is 0 Å². The molecule has 1 heterocycles. The van der Waals surface area contributed by atoms with Crippen molar-refractivity contribution in [1.82, 2.24) is 15.5 Å². The molecule has 1 amide bonds. The molecule has 1 aromatic carbocycles. The SMILES string of the molecule is COc1ccccc1-c1noc(CCNC(=O)C(C)C)n1.